The topological polar surface area (TPSA) is 54.1 Å². The summed E-state index contributed by atoms with van der Waals surface area (Å²) in [4.78, 5) is 4.64. The Kier molecular flexibility index (Phi) is 8.52. The third-order valence-corrected chi connectivity index (χ3v) is 14.0. The van der Waals surface area contributed by atoms with E-state index in [2.05, 4.69) is 210 Å². The largest absolute Gasteiger partial charge is 0.310 e. The van der Waals surface area contributed by atoms with Crippen molar-refractivity contribution in [2.75, 3.05) is 9.80 Å². The van der Waals surface area contributed by atoms with Crippen LogP contribution >= 0.6 is 0 Å². The molecule has 67 heavy (non-hydrogen) atoms. The number of fused-ring (bicyclic) bond motifs is 17. The van der Waals surface area contributed by atoms with Gasteiger partial charge >= 0.3 is 0 Å². The summed E-state index contributed by atoms with van der Waals surface area (Å²) in [6.45, 7) is 0. The first-order valence-corrected chi connectivity index (χ1v) is 22.6. The number of hydrogen-bond donors (Lipinski definition) is 0. The fraction of sp³-hybridized carbons (Fsp3) is 0.0159. The van der Waals surface area contributed by atoms with Crippen molar-refractivity contribution < 1.29 is 0 Å². The van der Waals surface area contributed by atoms with Crippen molar-refractivity contribution in [3.63, 3.8) is 0 Å². The van der Waals surface area contributed by atoms with Crippen LogP contribution in [0.15, 0.2) is 231 Å². The van der Waals surface area contributed by atoms with Crippen molar-refractivity contribution in [2.24, 2.45) is 0 Å². The van der Waals surface area contributed by atoms with Crippen LogP contribution in [0.1, 0.15) is 33.4 Å². The highest BCUT2D eigenvalue weighted by Crippen LogP contribution is 2.67. The molecular weight excluding hydrogens is 813 g/mol. The zero-order valence-corrected chi connectivity index (χ0v) is 36.2. The predicted octanol–water partition coefficient (Wildman–Crippen LogP) is 16.2. The van der Waals surface area contributed by atoms with Gasteiger partial charge in [-0.3, -0.25) is 0 Å². The van der Waals surface area contributed by atoms with E-state index in [9.17, 15) is 10.5 Å². The molecular formula is C63H38N4. The fourth-order valence-corrected chi connectivity index (χ4v) is 11.4. The summed E-state index contributed by atoms with van der Waals surface area (Å²) in [6, 6.07) is 86.9. The molecule has 4 nitrogen and oxygen atoms in total. The van der Waals surface area contributed by atoms with Crippen LogP contribution in [0.3, 0.4) is 0 Å². The molecule has 0 fully saturated rings. The molecule has 0 saturated carbocycles. The summed E-state index contributed by atoms with van der Waals surface area (Å²) >= 11 is 0. The molecule has 0 amide bonds. The molecule has 0 saturated heterocycles. The molecule has 0 bridgehead atoms. The maximum absolute atomic E-state index is 9.83. The van der Waals surface area contributed by atoms with E-state index in [0.717, 1.165) is 39.5 Å². The average molecular weight is 851 g/mol. The van der Waals surface area contributed by atoms with Gasteiger partial charge < -0.3 is 9.80 Å². The molecule has 0 N–H and O–H groups in total. The van der Waals surface area contributed by atoms with Gasteiger partial charge in [-0.05, 0) is 162 Å². The van der Waals surface area contributed by atoms with Crippen molar-refractivity contribution in [1.82, 2.24) is 0 Å². The highest BCUT2D eigenvalue weighted by Gasteiger charge is 2.54. The van der Waals surface area contributed by atoms with E-state index in [1.807, 2.05) is 42.5 Å². The molecule has 0 aliphatic heterocycles. The van der Waals surface area contributed by atoms with Gasteiger partial charge in [0, 0.05) is 33.8 Å². The van der Waals surface area contributed by atoms with E-state index in [-0.39, 0.29) is 0 Å². The van der Waals surface area contributed by atoms with Gasteiger partial charge in [-0.25, -0.2) is 0 Å². The molecule has 2 aliphatic rings. The standard InChI is InChI=1S/C63H38N4/c64-39-41-27-31-45(32-28-41)66(43-15-3-1-4-16-43)47-35-36-54-55(37-47)48-19-7-9-23-52(48)60-56-38-59(67(44-17-5-2-6-18-44)46-33-29-42(40-65)30-34-46)51-22-8-10-24-53(51)61(56)63(62(54)60)57-25-13-11-20-49(57)50-21-12-14-26-58(50)63/h1-38H. The van der Waals surface area contributed by atoms with Gasteiger partial charge in [-0.2, -0.15) is 10.5 Å². The van der Waals surface area contributed by atoms with Gasteiger partial charge in [0.15, 0.2) is 0 Å². The Morgan fingerprint density at radius 2 is 0.761 bits per heavy atom. The second-order valence-corrected chi connectivity index (χ2v) is 17.4. The first kappa shape index (κ1) is 38.3. The van der Waals surface area contributed by atoms with Crippen LogP contribution in [-0.4, -0.2) is 0 Å². The highest BCUT2D eigenvalue weighted by atomic mass is 15.1. The van der Waals surface area contributed by atoms with Crippen LogP contribution in [0.5, 0.6) is 0 Å². The summed E-state index contributed by atoms with van der Waals surface area (Å²) in [5.41, 5.74) is 16.8. The van der Waals surface area contributed by atoms with Gasteiger partial charge in [0.1, 0.15) is 0 Å². The third kappa shape index (κ3) is 5.51. The fourth-order valence-electron chi connectivity index (χ4n) is 11.4. The van der Waals surface area contributed by atoms with Gasteiger partial charge in [0.2, 0.25) is 0 Å². The summed E-state index contributed by atoms with van der Waals surface area (Å²) in [7, 11) is 0. The lowest BCUT2D eigenvalue weighted by atomic mass is 9.68. The molecule has 1 spiro atoms. The van der Waals surface area contributed by atoms with E-state index in [1.165, 1.54) is 71.4 Å². The average Bonchev–Trinajstić information content (AvgIpc) is 3.88. The second kappa shape index (κ2) is 14.9. The van der Waals surface area contributed by atoms with E-state index in [1.54, 1.807) is 0 Å². The van der Waals surface area contributed by atoms with Crippen LogP contribution in [0, 0.1) is 22.7 Å². The minimum absolute atomic E-state index is 0.621. The molecule has 0 radical (unpaired) electrons. The number of nitrogens with zero attached hydrogens (tertiary/aromatic N) is 4. The Bertz CT molecular complexity index is 3830. The molecule has 0 heterocycles. The van der Waals surface area contributed by atoms with E-state index >= 15 is 0 Å². The van der Waals surface area contributed by atoms with Crippen LogP contribution in [-0.2, 0) is 5.41 Å². The van der Waals surface area contributed by atoms with Gasteiger partial charge in [-0.1, -0.05) is 140 Å². The molecule has 11 aromatic carbocycles. The molecule has 0 unspecified atom stereocenters. The smallest absolute Gasteiger partial charge is 0.0991 e. The van der Waals surface area contributed by atoms with E-state index in [0.29, 0.717) is 11.1 Å². The molecule has 310 valence electrons. The Morgan fingerprint density at radius 3 is 1.36 bits per heavy atom. The zero-order valence-electron chi connectivity index (χ0n) is 36.2. The van der Waals surface area contributed by atoms with Gasteiger partial charge in [0.05, 0.1) is 34.4 Å². The summed E-state index contributed by atoms with van der Waals surface area (Å²) in [5.74, 6) is 0. The van der Waals surface area contributed by atoms with Crippen molar-refractivity contribution in [3.8, 4) is 34.4 Å². The number of para-hydroxylation sites is 2. The second-order valence-electron chi connectivity index (χ2n) is 17.4. The minimum atomic E-state index is -0.669. The van der Waals surface area contributed by atoms with E-state index < -0.39 is 5.41 Å². The monoisotopic (exact) mass is 850 g/mol. The van der Waals surface area contributed by atoms with Crippen molar-refractivity contribution in [2.45, 2.75) is 5.41 Å². The normalized spacial score (nSPS) is 12.6. The Hall–Kier alpha value is -9.22. The lowest BCUT2D eigenvalue weighted by Crippen LogP contribution is -2.26. The SMILES string of the molecule is N#Cc1ccc(N(c2ccccc2)c2ccc3c4c(c5ccccc5c3c2)-c2cc(N(c3ccccc3)c3ccc(C#N)cc3)c3ccccc3c2C42c3ccccc3-c3ccccc32)cc1. The maximum atomic E-state index is 9.83. The maximum Gasteiger partial charge on any atom is 0.0991 e. The summed E-state index contributed by atoms with van der Waals surface area (Å²) < 4.78 is 0. The van der Waals surface area contributed by atoms with Crippen LogP contribution in [0.25, 0.3) is 54.6 Å². The van der Waals surface area contributed by atoms with Crippen LogP contribution in [0.2, 0.25) is 0 Å². The van der Waals surface area contributed by atoms with Crippen molar-refractivity contribution in [1.29, 1.82) is 10.5 Å². The number of rotatable bonds is 6. The molecule has 0 aromatic heterocycles. The van der Waals surface area contributed by atoms with E-state index in [4.69, 9.17) is 0 Å². The molecule has 13 rings (SSSR count). The molecule has 2 aliphatic carbocycles. The molecule has 11 aromatic rings. The summed E-state index contributed by atoms with van der Waals surface area (Å²) in [5, 5.41) is 26.6. The lowest BCUT2D eigenvalue weighted by Gasteiger charge is -2.34. The van der Waals surface area contributed by atoms with Crippen LogP contribution in [0.4, 0.5) is 34.1 Å². The third-order valence-electron chi connectivity index (χ3n) is 14.0. The van der Waals surface area contributed by atoms with Crippen molar-refractivity contribution in [3.05, 3.63) is 264 Å². The zero-order chi connectivity index (χ0) is 44.6. The van der Waals surface area contributed by atoms with Crippen LogP contribution < -0.4 is 9.80 Å². The minimum Gasteiger partial charge on any atom is -0.310 e. The Balaban J connectivity index is 1.18. The predicted molar refractivity (Wildman–Crippen MR) is 274 cm³/mol. The highest BCUT2D eigenvalue weighted by molar-refractivity contribution is 6.23. The van der Waals surface area contributed by atoms with Gasteiger partial charge in [-0.15, -0.1) is 0 Å². The number of benzene rings is 11. The van der Waals surface area contributed by atoms with Gasteiger partial charge in [0.25, 0.3) is 0 Å². The van der Waals surface area contributed by atoms with Crippen molar-refractivity contribution >= 4 is 66.4 Å². The first-order valence-electron chi connectivity index (χ1n) is 22.6. The number of nitriles is 2. The number of hydrogen-bond acceptors (Lipinski definition) is 4. The number of anilines is 6. The summed E-state index contributed by atoms with van der Waals surface area (Å²) in [6.07, 6.45) is 0. The lowest BCUT2D eigenvalue weighted by molar-refractivity contribution is 0.809. The quantitative estimate of drug-likeness (QED) is 0.156. The molecule has 0 atom stereocenters. The molecule has 4 heteroatoms. The Labute approximate surface area is 388 Å². The first-order chi connectivity index (χ1) is 33.2. The Morgan fingerprint density at radius 1 is 0.313 bits per heavy atom.